The Labute approximate surface area is 201 Å². The number of aromatic nitrogens is 1. The van der Waals surface area contributed by atoms with Crippen molar-refractivity contribution in [2.45, 2.75) is 46.1 Å². The fraction of sp³-hybridized carbons (Fsp3) is 0.276. The number of Topliss-reactive ketones (excluding diaryl/α,β-unsaturated/α-hetero) is 1. The van der Waals surface area contributed by atoms with Crippen LogP contribution >= 0.6 is 0 Å². The third kappa shape index (κ3) is 4.93. The molecule has 1 aliphatic heterocycles. The SMILES string of the molecule is CCC(=O)C1=C(CC(C)C)Nc2ccccc2N(C(=O)Cc2ccccc2)C1c1ccccn1. The van der Waals surface area contributed by atoms with Crippen LogP contribution in [0.25, 0.3) is 0 Å². The molecule has 0 spiro atoms. The number of carbonyl (C=O) groups is 2. The van der Waals surface area contributed by atoms with Gasteiger partial charge in [0, 0.05) is 23.9 Å². The second-order valence-corrected chi connectivity index (χ2v) is 8.99. The van der Waals surface area contributed by atoms with Crippen molar-refractivity contribution in [2.75, 3.05) is 10.2 Å². The van der Waals surface area contributed by atoms with Crippen LogP contribution in [0.2, 0.25) is 0 Å². The molecule has 1 aliphatic rings. The second kappa shape index (κ2) is 10.5. The Morgan fingerprint density at radius 3 is 2.35 bits per heavy atom. The number of rotatable bonds is 7. The van der Waals surface area contributed by atoms with Crippen molar-refractivity contribution in [1.29, 1.82) is 0 Å². The molecule has 1 aromatic heterocycles. The highest BCUT2D eigenvalue weighted by Crippen LogP contribution is 2.43. The van der Waals surface area contributed by atoms with Crippen molar-refractivity contribution < 1.29 is 9.59 Å². The van der Waals surface area contributed by atoms with E-state index in [1.807, 2.05) is 79.7 Å². The summed E-state index contributed by atoms with van der Waals surface area (Å²) in [5.74, 6) is 0.262. The van der Waals surface area contributed by atoms with Crippen molar-refractivity contribution >= 4 is 23.1 Å². The number of amides is 1. The predicted octanol–water partition coefficient (Wildman–Crippen LogP) is 6.10. The Morgan fingerprint density at radius 1 is 0.971 bits per heavy atom. The molecule has 0 saturated heterocycles. The zero-order chi connectivity index (χ0) is 24.1. The van der Waals surface area contributed by atoms with Crippen molar-refractivity contribution in [1.82, 2.24) is 4.98 Å². The largest absolute Gasteiger partial charge is 0.357 e. The average Bonchev–Trinajstić information content (AvgIpc) is 2.98. The third-order valence-corrected chi connectivity index (χ3v) is 5.97. The van der Waals surface area contributed by atoms with Gasteiger partial charge in [0.2, 0.25) is 5.91 Å². The lowest BCUT2D eigenvalue weighted by Gasteiger charge is -2.32. The number of anilines is 2. The predicted molar refractivity (Wildman–Crippen MR) is 136 cm³/mol. The van der Waals surface area contributed by atoms with E-state index < -0.39 is 6.04 Å². The molecule has 0 saturated carbocycles. The molecule has 0 radical (unpaired) electrons. The average molecular weight is 454 g/mol. The lowest BCUT2D eigenvalue weighted by molar-refractivity contribution is -0.118. The molecular formula is C29H31N3O2. The molecule has 34 heavy (non-hydrogen) atoms. The molecule has 0 fully saturated rings. The molecule has 3 aromatic rings. The number of pyridine rings is 1. The van der Waals surface area contributed by atoms with Crippen molar-refractivity contribution in [3.05, 3.63) is 102 Å². The maximum absolute atomic E-state index is 14.0. The number of hydrogen-bond donors (Lipinski definition) is 1. The summed E-state index contributed by atoms with van der Waals surface area (Å²) in [7, 11) is 0. The summed E-state index contributed by atoms with van der Waals surface area (Å²) in [4.78, 5) is 33.9. The molecule has 2 aromatic carbocycles. The fourth-order valence-corrected chi connectivity index (χ4v) is 4.48. The first kappa shape index (κ1) is 23.4. The van der Waals surface area contributed by atoms with Gasteiger partial charge in [-0.15, -0.1) is 0 Å². The van der Waals surface area contributed by atoms with Gasteiger partial charge in [0.15, 0.2) is 5.78 Å². The van der Waals surface area contributed by atoms with Crippen LogP contribution in [-0.2, 0) is 16.0 Å². The molecule has 0 aliphatic carbocycles. The van der Waals surface area contributed by atoms with Crippen LogP contribution < -0.4 is 10.2 Å². The number of carbonyl (C=O) groups excluding carboxylic acids is 2. The van der Waals surface area contributed by atoms with E-state index in [9.17, 15) is 9.59 Å². The van der Waals surface area contributed by atoms with E-state index in [1.165, 1.54) is 0 Å². The number of para-hydroxylation sites is 2. The summed E-state index contributed by atoms with van der Waals surface area (Å²) >= 11 is 0. The van der Waals surface area contributed by atoms with Gasteiger partial charge in [0.05, 0.1) is 23.5 Å². The molecule has 1 unspecified atom stereocenters. The van der Waals surface area contributed by atoms with Gasteiger partial charge in [-0.05, 0) is 42.2 Å². The highest BCUT2D eigenvalue weighted by molar-refractivity contribution is 6.05. The normalized spacial score (nSPS) is 15.5. The van der Waals surface area contributed by atoms with E-state index in [1.54, 1.807) is 11.1 Å². The Balaban J connectivity index is 1.96. The maximum Gasteiger partial charge on any atom is 0.232 e. The van der Waals surface area contributed by atoms with Crippen LogP contribution in [-0.4, -0.2) is 16.7 Å². The molecule has 2 heterocycles. The van der Waals surface area contributed by atoms with Gasteiger partial charge in [-0.25, -0.2) is 0 Å². The van der Waals surface area contributed by atoms with Crippen LogP contribution in [0.3, 0.4) is 0 Å². The highest BCUT2D eigenvalue weighted by Gasteiger charge is 2.38. The topological polar surface area (TPSA) is 62.3 Å². The lowest BCUT2D eigenvalue weighted by Crippen LogP contribution is -2.38. The first-order valence-electron chi connectivity index (χ1n) is 11.9. The molecule has 1 N–H and O–H groups in total. The van der Waals surface area contributed by atoms with Gasteiger partial charge in [-0.3, -0.25) is 19.5 Å². The summed E-state index contributed by atoms with van der Waals surface area (Å²) in [5, 5.41) is 3.54. The number of nitrogens with one attached hydrogen (secondary N) is 1. The van der Waals surface area contributed by atoms with Crippen molar-refractivity contribution in [3.63, 3.8) is 0 Å². The minimum atomic E-state index is -0.616. The van der Waals surface area contributed by atoms with Crippen LogP contribution in [0, 0.1) is 5.92 Å². The van der Waals surface area contributed by atoms with Crippen LogP contribution in [0.1, 0.15) is 50.9 Å². The molecule has 174 valence electrons. The smallest absolute Gasteiger partial charge is 0.232 e. The Morgan fingerprint density at radius 2 is 1.68 bits per heavy atom. The van der Waals surface area contributed by atoms with Crippen molar-refractivity contribution in [3.8, 4) is 0 Å². The van der Waals surface area contributed by atoms with Gasteiger partial charge in [0.25, 0.3) is 0 Å². The second-order valence-electron chi connectivity index (χ2n) is 8.99. The molecular weight excluding hydrogens is 422 g/mol. The number of allylic oxidation sites excluding steroid dienone is 1. The molecule has 4 rings (SSSR count). The van der Waals surface area contributed by atoms with E-state index in [-0.39, 0.29) is 18.1 Å². The maximum atomic E-state index is 14.0. The number of fused-ring (bicyclic) bond motifs is 1. The van der Waals surface area contributed by atoms with Crippen molar-refractivity contribution in [2.24, 2.45) is 5.92 Å². The first-order chi connectivity index (χ1) is 16.5. The highest BCUT2D eigenvalue weighted by atomic mass is 16.2. The minimum Gasteiger partial charge on any atom is -0.357 e. The summed E-state index contributed by atoms with van der Waals surface area (Å²) in [6, 6.07) is 22.5. The zero-order valence-electron chi connectivity index (χ0n) is 20.0. The van der Waals surface area contributed by atoms with Crippen LogP contribution in [0.4, 0.5) is 11.4 Å². The Hall–Kier alpha value is -3.73. The summed E-state index contributed by atoms with van der Waals surface area (Å²) in [6.07, 6.45) is 2.99. The Kier molecular flexibility index (Phi) is 7.21. The van der Waals surface area contributed by atoms with Crippen LogP contribution in [0.15, 0.2) is 90.3 Å². The van der Waals surface area contributed by atoms with Gasteiger partial charge in [-0.1, -0.05) is 69.3 Å². The van der Waals surface area contributed by atoms with E-state index >= 15 is 0 Å². The molecule has 1 atom stereocenters. The Bertz CT molecular complexity index is 1190. The summed E-state index contributed by atoms with van der Waals surface area (Å²) in [5.41, 5.74) is 4.66. The van der Waals surface area contributed by atoms with Gasteiger partial charge in [0.1, 0.15) is 6.04 Å². The minimum absolute atomic E-state index is 0.0177. The first-order valence-corrected chi connectivity index (χ1v) is 11.9. The summed E-state index contributed by atoms with van der Waals surface area (Å²) in [6.45, 7) is 6.13. The lowest BCUT2D eigenvalue weighted by atomic mass is 9.91. The number of benzene rings is 2. The molecule has 5 nitrogen and oxygen atoms in total. The van der Waals surface area contributed by atoms with Gasteiger partial charge in [-0.2, -0.15) is 0 Å². The van der Waals surface area contributed by atoms with Crippen LogP contribution in [0.5, 0.6) is 0 Å². The third-order valence-electron chi connectivity index (χ3n) is 5.97. The quantitative estimate of drug-likeness (QED) is 0.469. The number of nitrogens with zero attached hydrogens (tertiary/aromatic N) is 2. The summed E-state index contributed by atoms with van der Waals surface area (Å²) < 4.78 is 0. The fourth-order valence-electron chi connectivity index (χ4n) is 4.48. The van der Waals surface area contributed by atoms with Gasteiger partial charge >= 0.3 is 0 Å². The van der Waals surface area contributed by atoms with E-state index in [4.69, 9.17) is 0 Å². The van der Waals surface area contributed by atoms with E-state index in [0.29, 0.717) is 30.0 Å². The van der Waals surface area contributed by atoms with E-state index in [0.717, 1.165) is 22.6 Å². The molecule has 1 amide bonds. The number of hydrogen-bond acceptors (Lipinski definition) is 4. The zero-order valence-corrected chi connectivity index (χ0v) is 20.0. The molecule has 0 bridgehead atoms. The van der Waals surface area contributed by atoms with Gasteiger partial charge < -0.3 is 5.32 Å². The monoisotopic (exact) mass is 453 g/mol. The molecule has 5 heteroatoms. The number of ketones is 1. The standard InChI is InChI=1S/C29H31N3O2/c1-4-26(33)28-24(18-20(2)3)31-22-14-8-9-16-25(22)32(29(28)23-15-10-11-17-30-23)27(34)19-21-12-6-5-7-13-21/h5-17,20,29,31H,4,18-19H2,1-3H3. The van der Waals surface area contributed by atoms with E-state index in [2.05, 4.69) is 24.1 Å².